The van der Waals surface area contributed by atoms with Crippen molar-refractivity contribution in [1.29, 1.82) is 0 Å². The van der Waals surface area contributed by atoms with Crippen LogP contribution in [0.15, 0.2) is 12.3 Å². The van der Waals surface area contributed by atoms with Gasteiger partial charge in [0, 0.05) is 6.20 Å². The number of rotatable bonds is 3. The van der Waals surface area contributed by atoms with E-state index in [1.54, 1.807) is 6.20 Å². The smallest absolute Gasteiger partial charge is 0.164 e. The molecule has 94 valence electrons. The van der Waals surface area contributed by atoms with Gasteiger partial charge in [0.2, 0.25) is 0 Å². The van der Waals surface area contributed by atoms with Crippen LogP contribution in [0, 0.1) is 5.82 Å². The van der Waals surface area contributed by atoms with Crippen molar-refractivity contribution in [1.82, 2.24) is 4.98 Å². The summed E-state index contributed by atoms with van der Waals surface area (Å²) in [6.07, 6.45) is 3.13. The van der Waals surface area contributed by atoms with E-state index in [0.717, 1.165) is 12.0 Å². The van der Waals surface area contributed by atoms with E-state index in [9.17, 15) is 4.39 Å². The summed E-state index contributed by atoms with van der Waals surface area (Å²) in [5.41, 5.74) is 0.820. The van der Waals surface area contributed by atoms with E-state index in [2.05, 4.69) is 4.98 Å². The number of halogens is 2. The Labute approximate surface area is 105 Å². The van der Waals surface area contributed by atoms with Crippen molar-refractivity contribution < 1.29 is 13.9 Å². The highest BCUT2D eigenvalue weighted by molar-refractivity contribution is 6.29. The summed E-state index contributed by atoms with van der Waals surface area (Å²) in [4.78, 5) is 3.77. The van der Waals surface area contributed by atoms with E-state index in [1.165, 1.54) is 6.07 Å². The van der Waals surface area contributed by atoms with E-state index < -0.39 is 11.6 Å². The molecule has 1 saturated heterocycles. The molecule has 5 heteroatoms. The van der Waals surface area contributed by atoms with Crippen LogP contribution in [-0.4, -0.2) is 23.5 Å². The van der Waals surface area contributed by atoms with Crippen molar-refractivity contribution in [3.05, 3.63) is 28.8 Å². The lowest BCUT2D eigenvalue weighted by atomic mass is 10.1. The van der Waals surface area contributed by atoms with Crippen LogP contribution in [0.2, 0.25) is 5.15 Å². The maximum atomic E-state index is 13.2. The van der Waals surface area contributed by atoms with Crippen molar-refractivity contribution in [3.63, 3.8) is 0 Å². The highest BCUT2D eigenvalue weighted by Gasteiger charge is 2.32. The molecule has 0 aromatic carbocycles. The molecule has 0 saturated carbocycles. The molecule has 1 aliphatic heterocycles. The number of hydrogen-bond acceptors (Lipinski definition) is 3. The van der Waals surface area contributed by atoms with Gasteiger partial charge in [-0.3, -0.25) is 0 Å². The van der Waals surface area contributed by atoms with E-state index in [0.29, 0.717) is 13.0 Å². The maximum absolute atomic E-state index is 13.2. The number of hydrogen-bond donors (Lipinski definition) is 0. The van der Waals surface area contributed by atoms with Crippen LogP contribution >= 0.6 is 11.6 Å². The fourth-order valence-electron chi connectivity index (χ4n) is 1.83. The van der Waals surface area contributed by atoms with Crippen LogP contribution in [-0.2, 0) is 15.9 Å². The van der Waals surface area contributed by atoms with E-state index in [1.807, 2.05) is 13.8 Å². The quantitative estimate of drug-likeness (QED) is 0.782. The van der Waals surface area contributed by atoms with Gasteiger partial charge in [0.15, 0.2) is 16.8 Å². The summed E-state index contributed by atoms with van der Waals surface area (Å²) < 4.78 is 24.3. The third kappa shape index (κ3) is 3.37. The summed E-state index contributed by atoms with van der Waals surface area (Å²) in [7, 11) is 0. The Balaban J connectivity index is 1.88. The fourth-order valence-corrected chi connectivity index (χ4v) is 1.93. The van der Waals surface area contributed by atoms with Gasteiger partial charge in [0.05, 0.1) is 12.7 Å². The molecule has 1 atom stereocenters. The predicted molar refractivity (Wildman–Crippen MR) is 62.4 cm³/mol. The van der Waals surface area contributed by atoms with Crippen LogP contribution in [0.3, 0.4) is 0 Å². The normalized spacial score (nSPS) is 22.9. The molecule has 1 fully saturated rings. The minimum atomic E-state index is -0.506. The number of nitrogens with zero attached hydrogens (tertiary/aromatic N) is 1. The first kappa shape index (κ1) is 12.7. The van der Waals surface area contributed by atoms with E-state index >= 15 is 0 Å². The number of ether oxygens (including phenoxy) is 2. The summed E-state index contributed by atoms with van der Waals surface area (Å²) >= 11 is 5.51. The van der Waals surface area contributed by atoms with Gasteiger partial charge in [-0.1, -0.05) is 11.6 Å². The maximum Gasteiger partial charge on any atom is 0.164 e. The largest absolute Gasteiger partial charge is 0.348 e. The van der Waals surface area contributed by atoms with Gasteiger partial charge in [0.1, 0.15) is 0 Å². The standard InChI is InChI=1S/C12H15ClFNO2/c1-12(2)16-7-9(17-12)4-3-8-5-10(14)11(13)15-6-8/h5-6,9H,3-4,7H2,1-2H3. The molecule has 0 amide bonds. The molecule has 0 bridgehead atoms. The van der Waals surface area contributed by atoms with Gasteiger partial charge in [-0.25, -0.2) is 9.37 Å². The van der Waals surface area contributed by atoms with Crippen LogP contribution in [0.4, 0.5) is 4.39 Å². The van der Waals surface area contributed by atoms with E-state index in [4.69, 9.17) is 21.1 Å². The van der Waals surface area contributed by atoms with Gasteiger partial charge in [-0.05, 0) is 38.3 Å². The SMILES string of the molecule is CC1(C)OCC(CCc2cnc(Cl)c(F)c2)O1. The van der Waals surface area contributed by atoms with Crippen LogP contribution < -0.4 is 0 Å². The molecule has 0 radical (unpaired) electrons. The van der Waals surface area contributed by atoms with Crippen molar-refractivity contribution in [3.8, 4) is 0 Å². The van der Waals surface area contributed by atoms with Gasteiger partial charge in [0.25, 0.3) is 0 Å². The zero-order chi connectivity index (χ0) is 12.5. The Bertz CT molecular complexity index is 411. The molecule has 2 rings (SSSR count). The number of pyridine rings is 1. The van der Waals surface area contributed by atoms with Crippen molar-refractivity contribution in [2.45, 2.75) is 38.6 Å². The first-order valence-electron chi connectivity index (χ1n) is 5.58. The van der Waals surface area contributed by atoms with Crippen molar-refractivity contribution >= 4 is 11.6 Å². The lowest BCUT2D eigenvalue weighted by molar-refractivity contribution is -0.138. The second kappa shape index (κ2) is 4.88. The first-order valence-corrected chi connectivity index (χ1v) is 5.96. The lowest BCUT2D eigenvalue weighted by Gasteiger charge is -2.16. The Morgan fingerprint density at radius 1 is 1.59 bits per heavy atom. The molecule has 1 unspecified atom stereocenters. The third-order valence-corrected chi connectivity index (χ3v) is 2.95. The third-order valence-electron chi connectivity index (χ3n) is 2.68. The summed E-state index contributed by atoms with van der Waals surface area (Å²) in [5, 5.41) is -0.0877. The molecule has 0 N–H and O–H groups in total. The number of aromatic nitrogens is 1. The Morgan fingerprint density at radius 2 is 2.35 bits per heavy atom. The highest BCUT2D eigenvalue weighted by Crippen LogP contribution is 2.25. The summed E-state index contributed by atoms with van der Waals surface area (Å²) in [6.45, 7) is 4.35. The van der Waals surface area contributed by atoms with E-state index in [-0.39, 0.29) is 11.3 Å². The minimum Gasteiger partial charge on any atom is -0.348 e. The van der Waals surface area contributed by atoms with Crippen molar-refractivity contribution in [2.24, 2.45) is 0 Å². The molecule has 1 aliphatic rings. The van der Waals surface area contributed by atoms with Gasteiger partial charge in [-0.15, -0.1) is 0 Å². The molecule has 3 nitrogen and oxygen atoms in total. The zero-order valence-corrected chi connectivity index (χ0v) is 10.6. The first-order chi connectivity index (χ1) is 7.96. The Morgan fingerprint density at radius 3 is 2.94 bits per heavy atom. The molecule has 17 heavy (non-hydrogen) atoms. The molecular weight excluding hydrogens is 245 g/mol. The second-order valence-electron chi connectivity index (χ2n) is 4.61. The Hall–Kier alpha value is -0.710. The minimum absolute atomic E-state index is 0.0590. The van der Waals surface area contributed by atoms with Gasteiger partial charge in [-0.2, -0.15) is 0 Å². The second-order valence-corrected chi connectivity index (χ2v) is 4.96. The van der Waals surface area contributed by atoms with Crippen LogP contribution in [0.25, 0.3) is 0 Å². The molecule has 1 aromatic rings. The fraction of sp³-hybridized carbons (Fsp3) is 0.583. The molecule has 1 aromatic heterocycles. The van der Waals surface area contributed by atoms with Gasteiger partial charge >= 0.3 is 0 Å². The number of aryl methyl sites for hydroxylation is 1. The lowest BCUT2D eigenvalue weighted by Crippen LogP contribution is -2.21. The molecule has 0 aliphatic carbocycles. The topological polar surface area (TPSA) is 31.4 Å². The zero-order valence-electron chi connectivity index (χ0n) is 9.87. The average molecular weight is 260 g/mol. The van der Waals surface area contributed by atoms with Crippen molar-refractivity contribution in [2.75, 3.05) is 6.61 Å². The highest BCUT2D eigenvalue weighted by atomic mass is 35.5. The predicted octanol–water partition coefficient (Wildman–Crippen LogP) is 2.96. The average Bonchev–Trinajstić information content (AvgIpc) is 2.60. The summed E-state index contributed by atoms with van der Waals surface area (Å²) in [5.74, 6) is -0.984. The Kier molecular flexibility index (Phi) is 3.66. The van der Waals surface area contributed by atoms with Crippen LogP contribution in [0.5, 0.6) is 0 Å². The van der Waals surface area contributed by atoms with Crippen LogP contribution in [0.1, 0.15) is 25.8 Å². The van der Waals surface area contributed by atoms with Gasteiger partial charge < -0.3 is 9.47 Å². The molecule has 2 heterocycles. The molecule has 0 spiro atoms. The monoisotopic (exact) mass is 259 g/mol. The molecular formula is C12H15ClFNO2. The summed E-state index contributed by atoms with van der Waals surface area (Å²) in [6, 6.07) is 1.41.